The van der Waals surface area contributed by atoms with Crippen molar-refractivity contribution in [3.8, 4) is 5.75 Å². The first-order valence-corrected chi connectivity index (χ1v) is 18.7. The van der Waals surface area contributed by atoms with Crippen molar-refractivity contribution >= 4 is 36.4 Å². The lowest BCUT2D eigenvalue weighted by atomic mass is 9.76. The highest BCUT2D eigenvalue weighted by molar-refractivity contribution is 7.90. The van der Waals surface area contributed by atoms with Gasteiger partial charge in [-0.25, -0.2) is 12.7 Å². The minimum atomic E-state index is -3.73. The second kappa shape index (κ2) is 12.9. The van der Waals surface area contributed by atoms with E-state index in [0.29, 0.717) is 36.2 Å². The number of ether oxygens (including phenoxy) is 3. The van der Waals surface area contributed by atoms with Crippen LogP contribution >= 0.6 is 0 Å². The summed E-state index contributed by atoms with van der Waals surface area (Å²) in [7, 11) is -4.86. The van der Waals surface area contributed by atoms with Gasteiger partial charge < -0.3 is 18.6 Å². The number of benzene rings is 1. The fourth-order valence-electron chi connectivity index (χ4n) is 4.93. The Morgan fingerprint density at radius 1 is 1.10 bits per heavy atom. The van der Waals surface area contributed by atoms with Gasteiger partial charge in [-0.2, -0.15) is 0 Å². The van der Waals surface area contributed by atoms with E-state index < -0.39 is 52.5 Å². The monoisotopic (exact) mass is 627 g/mol. The molecule has 2 atom stereocenters. The normalized spacial score (nSPS) is 18.9. The van der Waals surface area contributed by atoms with Crippen molar-refractivity contribution in [2.45, 2.75) is 109 Å². The van der Waals surface area contributed by atoms with E-state index in [1.54, 1.807) is 46.8 Å². The minimum Gasteiger partial charge on any atom is -0.467 e. The largest absolute Gasteiger partial charge is 0.467 e. The quantitative estimate of drug-likeness (QED) is 0.0976. The third kappa shape index (κ3) is 7.32. The van der Waals surface area contributed by atoms with E-state index in [0.717, 1.165) is 0 Å². The topological polar surface area (TPSA) is 126 Å². The first-order chi connectivity index (χ1) is 19.1. The Morgan fingerprint density at radius 3 is 2.12 bits per heavy atom. The molecule has 0 aliphatic carbocycles. The average molecular weight is 628 g/mol. The molecule has 238 valence electrons. The summed E-state index contributed by atoms with van der Waals surface area (Å²) in [5.41, 5.74) is -1.44. The Morgan fingerprint density at radius 2 is 1.67 bits per heavy atom. The Hall–Kier alpha value is -2.12. The van der Waals surface area contributed by atoms with E-state index in [1.165, 1.54) is 18.3 Å². The molecule has 42 heavy (non-hydrogen) atoms. The predicted molar refractivity (Wildman–Crippen MR) is 163 cm³/mol. The third-order valence-electron chi connectivity index (χ3n) is 8.53. The van der Waals surface area contributed by atoms with Crippen molar-refractivity contribution in [1.29, 1.82) is 0 Å². The molecule has 2 rings (SSSR count). The summed E-state index contributed by atoms with van der Waals surface area (Å²) in [6.45, 7) is 20.5. The summed E-state index contributed by atoms with van der Waals surface area (Å²) < 4.78 is 52.9. The van der Waals surface area contributed by atoms with Crippen LogP contribution in [0.15, 0.2) is 12.1 Å². The van der Waals surface area contributed by atoms with E-state index >= 15 is 0 Å². The van der Waals surface area contributed by atoms with Gasteiger partial charge in [-0.05, 0) is 69.9 Å². The first-order valence-electron chi connectivity index (χ1n) is 14.2. The number of sulfonamides is 1. The van der Waals surface area contributed by atoms with Crippen LogP contribution in [0.2, 0.25) is 18.1 Å². The van der Waals surface area contributed by atoms with Gasteiger partial charge in [-0.3, -0.25) is 14.4 Å². The summed E-state index contributed by atoms with van der Waals surface area (Å²) in [5, 5.41) is -1.13. The molecule has 1 fully saturated rings. The number of carbonyl (C=O) groups excluding carboxylic acids is 3. The highest BCUT2D eigenvalue weighted by Crippen LogP contribution is 2.48. The van der Waals surface area contributed by atoms with Crippen LogP contribution in [0.5, 0.6) is 5.75 Å². The van der Waals surface area contributed by atoms with Gasteiger partial charge in [0, 0.05) is 38.2 Å². The number of aldehydes is 1. The fraction of sp³-hybridized carbons (Fsp3) is 0.700. The molecule has 1 aromatic rings. The van der Waals surface area contributed by atoms with Crippen LogP contribution < -0.4 is 4.74 Å². The number of esters is 1. The molecule has 0 saturated carbocycles. The molecule has 0 spiro atoms. The molecule has 1 aromatic carbocycles. The highest BCUT2D eigenvalue weighted by atomic mass is 32.2. The van der Waals surface area contributed by atoms with Gasteiger partial charge >= 0.3 is 5.97 Å². The minimum absolute atomic E-state index is 0.187. The van der Waals surface area contributed by atoms with Gasteiger partial charge in [0.2, 0.25) is 15.8 Å². The lowest BCUT2D eigenvalue weighted by molar-refractivity contribution is -0.154. The van der Waals surface area contributed by atoms with Crippen LogP contribution in [0, 0.1) is 0 Å². The van der Waals surface area contributed by atoms with E-state index in [-0.39, 0.29) is 23.9 Å². The number of ketones is 1. The summed E-state index contributed by atoms with van der Waals surface area (Å²) in [4.78, 5) is 37.0. The smallest absolute Gasteiger partial charge is 0.303 e. The van der Waals surface area contributed by atoms with Gasteiger partial charge in [0.25, 0.3) is 0 Å². The van der Waals surface area contributed by atoms with Crippen molar-refractivity contribution < 1.29 is 41.4 Å². The number of Topliss-reactive ketones (excluding diaryl/α,β-unsaturated/α-hetero) is 1. The number of rotatable bonds is 13. The van der Waals surface area contributed by atoms with Crippen molar-refractivity contribution in [2.75, 3.05) is 27.0 Å². The molecule has 0 radical (unpaired) electrons. The molecular formula is C30H49NO9SSi. The number of carbonyl (C=O) groups is 3. The van der Waals surface area contributed by atoms with Gasteiger partial charge in [0.1, 0.15) is 16.6 Å². The Bertz CT molecular complexity index is 1280. The van der Waals surface area contributed by atoms with E-state index in [9.17, 15) is 22.8 Å². The molecule has 1 aliphatic heterocycles. The van der Waals surface area contributed by atoms with Gasteiger partial charge in [0.15, 0.2) is 21.4 Å². The highest BCUT2D eigenvalue weighted by Gasteiger charge is 2.49. The van der Waals surface area contributed by atoms with Crippen molar-refractivity contribution in [3.63, 3.8) is 0 Å². The molecule has 2 unspecified atom stereocenters. The van der Waals surface area contributed by atoms with E-state index in [2.05, 4.69) is 33.9 Å². The molecule has 0 bridgehead atoms. The molecule has 1 heterocycles. The Balaban J connectivity index is 3.07. The van der Waals surface area contributed by atoms with Gasteiger partial charge in [-0.1, -0.05) is 27.7 Å². The SMILES string of the molecule is CCN1CCC(C(O[Si](C)(C)C(C)(C)C)c2cc(C(C)(C)OC(C)=O)c(OCOC)c(C(C)(C)C(=O)C=O)c2)S1(=O)=O. The lowest BCUT2D eigenvalue weighted by Gasteiger charge is -2.41. The van der Waals surface area contributed by atoms with Crippen LogP contribution in [0.25, 0.3) is 0 Å². The van der Waals surface area contributed by atoms with Crippen LogP contribution in [0.1, 0.15) is 91.5 Å². The van der Waals surface area contributed by atoms with E-state index in [1.807, 2.05) is 0 Å². The summed E-state index contributed by atoms with van der Waals surface area (Å²) in [6, 6.07) is 3.43. The number of hydrogen-bond acceptors (Lipinski definition) is 9. The summed E-state index contributed by atoms with van der Waals surface area (Å²) >= 11 is 0. The lowest BCUT2D eigenvalue weighted by Crippen LogP contribution is -2.45. The van der Waals surface area contributed by atoms with Gasteiger partial charge in [0.05, 0.1) is 11.5 Å². The second-order valence-electron chi connectivity index (χ2n) is 13.4. The zero-order valence-electron chi connectivity index (χ0n) is 27.2. The molecule has 1 aliphatic rings. The fourth-order valence-corrected chi connectivity index (χ4v) is 8.35. The third-order valence-corrected chi connectivity index (χ3v) is 15.4. The number of methoxy groups -OCH3 is 1. The van der Waals surface area contributed by atoms with Crippen molar-refractivity contribution in [1.82, 2.24) is 4.31 Å². The van der Waals surface area contributed by atoms with Crippen LogP contribution in [0.4, 0.5) is 0 Å². The zero-order chi connectivity index (χ0) is 32.5. The van der Waals surface area contributed by atoms with Crippen LogP contribution in [0.3, 0.4) is 0 Å². The molecular weight excluding hydrogens is 578 g/mol. The summed E-state index contributed by atoms with van der Waals surface area (Å²) in [6.07, 6.45) is -0.295. The Kier molecular flexibility index (Phi) is 11.0. The second-order valence-corrected chi connectivity index (χ2v) is 20.3. The van der Waals surface area contributed by atoms with Crippen LogP contribution in [-0.4, -0.2) is 71.3 Å². The number of nitrogens with zero attached hydrogens (tertiary/aromatic N) is 1. The molecule has 0 amide bonds. The predicted octanol–water partition coefficient (Wildman–Crippen LogP) is 5.00. The average Bonchev–Trinajstić information content (AvgIpc) is 3.16. The van der Waals surface area contributed by atoms with Crippen molar-refractivity contribution in [2.24, 2.45) is 0 Å². The zero-order valence-corrected chi connectivity index (χ0v) is 29.1. The maximum atomic E-state index is 13.8. The first kappa shape index (κ1) is 36.1. The van der Waals surface area contributed by atoms with Gasteiger partial charge in [-0.15, -0.1) is 0 Å². The molecule has 10 nitrogen and oxygen atoms in total. The van der Waals surface area contributed by atoms with Crippen LogP contribution in [-0.2, 0) is 49.3 Å². The summed E-state index contributed by atoms with van der Waals surface area (Å²) in [5.74, 6) is -1.04. The molecule has 0 N–H and O–H groups in total. The molecule has 1 saturated heterocycles. The van der Waals surface area contributed by atoms with E-state index in [4.69, 9.17) is 18.6 Å². The number of hydrogen-bond donors (Lipinski definition) is 0. The molecule has 12 heteroatoms. The molecule has 0 aromatic heterocycles. The van der Waals surface area contributed by atoms with Crippen molar-refractivity contribution in [3.05, 3.63) is 28.8 Å². The maximum Gasteiger partial charge on any atom is 0.303 e. The maximum absolute atomic E-state index is 13.8. The Labute approximate surface area is 252 Å². The standard InChI is InChI=1S/C30H49NO9SSi/c1-13-31-15-14-24(41(31,35)36)26(40-42(11,12)28(3,4)5)21-16-22(29(6,7)25(34)18-32)27(38-19-37-10)23(17-21)30(8,9)39-20(2)33/h16-18,24,26H,13-15,19H2,1-12H3.